The van der Waals surface area contributed by atoms with Crippen molar-refractivity contribution in [3.8, 4) is 5.75 Å². The SMILES string of the molecule is COc1cc(C)c(Cl)c(C)c1CC1CCCNC1. The van der Waals surface area contributed by atoms with E-state index in [2.05, 4.69) is 18.3 Å². The Kier molecular flexibility index (Phi) is 4.52. The highest BCUT2D eigenvalue weighted by Crippen LogP contribution is 2.34. The van der Waals surface area contributed by atoms with Gasteiger partial charge in [0.1, 0.15) is 5.75 Å². The first kappa shape index (κ1) is 13.7. The molecule has 1 fully saturated rings. The lowest BCUT2D eigenvalue weighted by atomic mass is 9.89. The number of aryl methyl sites for hydroxylation is 1. The molecule has 0 saturated carbocycles. The Hall–Kier alpha value is -0.730. The zero-order valence-corrected chi connectivity index (χ0v) is 12.2. The summed E-state index contributed by atoms with van der Waals surface area (Å²) in [7, 11) is 1.74. The number of hydrogen-bond acceptors (Lipinski definition) is 2. The number of halogens is 1. The van der Waals surface area contributed by atoms with Crippen molar-refractivity contribution in [1.29, 1.82) is 0 Å². The van der Waals surface area contributed by atoms with Gasteiger partial charge in [0.15, 0.2) is 0 Å². The second-order valence-electron chi connectivity index (χ2n) is 5.23. The van der Waals surface area contributed by atoms with Crippen LogP contribution in [-0.2, 0) is 6.42 Å². The maximum absolute atomic E-state index is 6.36. The van der Waals surface area contributed by atoms with Gasteiger partial charge in [-0.1, -0.05) is 11.6 Å². The summed E-state index contributed by atoms with van der Waals surface area (Å²) in [5.41, 5.74) is 3.55. The molecule has 3 heteroatoms. The van der Waals surface area contributed by atoms with E-state index in [1.54, 1.807) is 7.11 Å². The monoisotopic (exact) mass is 267 g/mol. The summed E-state index contributed by atoms with van der Waals surface area (Å²) in [4.78, 5) is 0. The van der Waals surface area contributed by atoms with Crippen molar-refractivity contribution in [2.75, 3.05) is 20.2 Å². The third-order valence-corrected chi connectivity index (χ3v) is 4.47. The number of methoxy groups -OCH3 is 1. The van der Waals surface area contributed by atoms with Crippen LogP contribution in [0.3, 0.4) is 0 Å². The first-order valence-corrected chi connectivity index (χ1v) is 7.04. The Morgan fingerprint density at radius 2 is 2.22 bits per heavy atom. The minimum absolute atomic E-state index is 0.699. The molecule has 100 valence electrons. The Morgan fingerprint density at radius 3 is 2.83 bits per heavy atom. The minimum atomic E-state index is 0.699. The van der Waals surface area contributed by atoms with Gasteiger partial charge in [-0.05, 0) is 74.9 Å². The summed E-state index contributed by atoms with van der Waals surface area (Å²) < 4.78 is 5.52. The molecule has 2 rings (SSSR count). The van der Waals surface area contributed by atoms with E-state index in [1.807, 2.05) is 6.92 Å². The van der Waals surface area contributed by atoms with Crippen LogP contribution in [0.4, 0.5) is 0 Å². The normalized spacial score (nSPS) is 19.9. The fraction of sp³-hybridized carbons (Fsp3) is 0.600. The molecule has 1 unspecified atom stereocenters. The average Bonchev–Trinajstić information content (AvgIpc) is 2.40. The largest absolute Gasteiger partial charge is 0.496 e. The molecule has 1 aromatic rings. The van der Waals surface area contributed by atoms with E-state index in [1.165, 1.54) is 24.0 Å². The van der Waals surface area contributed by atoms with Crippen molar-refractivity contribution in [1.82, 2.24) is 5.32 Å². The van der Waals surface area contributed by atoms with Crippen LogP contribution in [0.2, 0.25) is 5.02 Å². The molecule has 0 amide bonds. The van der Waals surface area contributed by atoms with Crippen molar-refractivity contribution in [2.24, 2.45) is 5.92 Å². The molecule has 1 heterocycles. The first-order chi connectivity index (χ1) is 8.63. The fourth-order valence-electron chi connectivity index (χ4n) is 2.78. The second kappa shape index (κ2) is 5.94. The van der Waals surface area contributed by atoms with Gasteiger partial charge < -0.3 is 10.1 Å². The number of hydrogen-bond donors (Lipinski definition) is 1. The Balaban J connectivity index is 2.27. The highest BCUT2D eigenvalue weighted by molar-refractivity contribution is 6.32. The molecule has 1 aromatic carbocycles. The summed E-state index contributed by atoms with van der Waals surface area (Å²) >= 11 is 6.36. The third kappa shape index (κ3) is 2.81. The molecule has 1 N–H and O–H groups in total. The van der Waals surface area contributed by atoms with Gasteiger partial charge in [0.2, 0.25) is 0 Å². The molecule has 0 bridgehead atoms. The molecule has 1 saturated heterocycles. The molecule has 2 nitrogen and oxygen atoms in total. The zero-order valence-electron chi connectivity index (χ0n) is 11.5. The predicted molar refractivity (Wildman–Crippen MR) is 76.8 cm³/mol. The van der Waals surface area contributed by atoms with Crippen LogP contribution in [0.5, 0.6) is 5.75 Å². The van der Waals surface area contributed by atoms with Crippen molar-refractivity contribution in [2.45, 2.75) is 33.1 Å². The Morgan fingerprint density at radius 1 is 1.44 bits per heavy atom. The molecular weight excluding hydrogens is 246 g/mol. The highest BCUT2D eigenvalue weighted by Gasteiger charge is 2.19. The van der Waals surface area contributed by atoms with Crippen LogP contribution in [0.1, 0.15) is 29.5 Å². The molecule has 1 aliphatic heterocycles. The van der Waals surface area contributed by atoms with E-state index in [4.69, 9.17) is 16.3 Å². The standard InChI is InChI=1S/C15H22ClNO/c1-10-7-14(18-3)13(11(2)15(10)16)8-12-5-4-6-17-9-12/h7,12,17H,4-6,8-9H2,1-3H3. The molecule has 0 aliphatic carbocycles. The molecule has 0 radical (unpaired) electrons. The van der Waals surface area contributed by atoms with E-state index >= 15 is 0 Å². The van der Waals surface area contributed by atoms with Crippen LogP contribution < -0.4 is 10.1 Å². The van der Waals surface area contributed by atoms with E-state index in [0.717, 1.165) is 35.8 Å². The molecular formula is C15H22ClNO. The maximum Gasteiger partial charge on any atom is 0.122 e. The molecule has 0 aromatic heterocycles. The van der Waals surface area contributed by atoms with Gasteiger partial charge in [-0.25, -0.2) is 0 Å². The first-order valence-electron chi connectivity index (χ1n) is 6.66. The summed E-state index contributed by atoms with van der Waals surface area (Å²) in [6.07, 6.45) is 3.62. The highest BCUT2D eigenvalue weighted by atomic mass is 35.5. The average molecular weight is 268 g/mol. The van der Waals surface area contributed by atoms with Gasteiger partial charge in [-0.3, -0.25) is 0 Å². The summed E-state index contributed by atoms with van der Waals surface area (Å²) in [6.45, 7) is 6.39. The van der Waals surface area contributed by atoms with Crippen LogP contribution in [0, 0.1) is 19.8 Å². The number of benzene rings is 1. The maximum atomic E-state index is 6.36. The number of ether oxygens (including phenoxy) is 1. The van der Waals surface area contributed by atoms with Crippen molar-refractivity contribution >= 4 is 11.6 Å². The summed E-state index contributed by atoms with van der Waals surface area (Å²) in [6, 6.07) is 2.06. The number of nitrogens with one attached hydrogen (secondary N) is 1. The lowest BCUT2D eigenvalue weighted by Crippen LogP contribution is -2.31. The third-order valence-electron chi connectivity index (χ3n) is 3.88. The molecule has 0 spiro atoms. The smallest absolute Gasteiger partial charge is 0.122 e. The molecule has 18 heavy (non-hydrogen) atoms. The number of rotatable bonds is 3. The van der Waals surface area contributed by atoms with Crippen LogP contribution in [0.25, 0.3) is 0 Å². The molecule has 1 aliphatic rings. The fourth-order valence-corrected chi connectivity index (χ4v) is 2.95. The van der Waals surface area contributed by atoms with Crippen molar-refractivity contribution in [3.63, 3.8) is 0 Å². The number of piperidine rings is 1. The quantitative estimate of drug-likeness (QED) is 0.905. The topological polar surface area (TPSA) is 21.3 Å². The van der Waals surface area contributed by atoms with E-state index in [9.17, 15) is 0 Å². The van der Waals surface area contributed by atoms with Gasteiger partial charge in [0.05, 0.1) is 7.11 Å². The predicted octanol–water partition coefficient (Wildman–Crippen LogP) is 3.51. The molecule has 1 atom stereocenters. The Bertz CT molecular complexity index is 425. The van der Waals surface area contributed by atoms with Crippen LogP contribution in [0.15, 0.2) is 6.07 Å². The van der Waals surface area contributed by atoms with Crippen LogP contribution >= 0.6 is 11.6 Å². The van der Waals surface area contributed by atoms with E-state index in [0.29, 0.717) is 5.92 Å². The van der Waals surface area contributed by atoms with Crippen molar-refractivity contribution < 1.29 is 4.74 Å². The van der Waals surface area contributed by atoms with Gasteiger partial charge >= 0.3 is 0 Å². The lowest BCUT2D eigenvalue weighted by molar-refractivity contribution is 0.363. The van der Waals surface area contributed by atoms with Crippen LogP contribution in [-0.4, -0.2) is 20.2 Å². The van der Waals surface area contributed by atoms with E-state index in [-0.39, 0.29) is 0 Å². The van der Waals surface area contributed by atoms with Gasteiger partial charge in [-0.2, -0.15) is 0 Å². The van der Waals surface area contributed by atoms with Crippen molar-refractivity contribution in [3.05, 3.63) is 27.8 Å². The van der Waals surface area contributed by atoms with Gasteiger partial charge in [-0.15, -0.1) is 0 Å². The summed E-state index contributed by atoms with van der Waals surface area (Å²) in [5, 5.41) is 4.35. The van der Waals surface area contributed by atoms with Gasteiger partial charge in [0, 0.05) is 5.02 Å². The Labute approximate surface area is 115 Å². The van der Waals surface area contributed by atoms with Gasteiger partial charge in [0.25, 0.3) is 0 Å². The van der Waals surface area contributed by atoms with E-state index < -0.39 is 0 Å². The lowest BCUT2D eigenvalue weighted by Gasteiger charge is -2.25. The zero-order chi connectivity index (χ0) is 13.1. The second-order valence-corrected chi connectivity index (χ2v) is 5.61. The summed E-state index contributed by atoms with van der Waals surface area (Å²) in [5.74, 6) is 1.69. The minimum Gasteiger partial charge on any atom is -0.496 e.